The molecular weight excluding hydrogens is 462 g/mol. The lowest BCUT2D eigenvalue weighted by atomic mass is 10.0. The van der Waals surface area contributed by atoms with Crippen LogP contribution in [0.25, 0.3) is 22.0 Å². The Balaban J connectivity index is 1.51. The van der Waals surface area contributed by atoms with Gasteiger partial charge in [-0.3, -0.25) is 19.8 Å². The van der Waals surface area contributed by atoms with E-state index in [1.807, 2.05) is 32.0 Å². The summed E-state index contributed by atoms with van der Waals surface area (Å²) in [4.78, 5) is 36.6. The molecule has 36 heavy (non-hydrogen) atoms. The van der Waals surface area contributed by atoms with Crippen LogP contribution in [0, 0.1) is 6.92 Å². The molecule has 0 aliphatic carbocycles. The highest BCUT2D eigenvalue weighted by Crippen LogP contribution is 2.33. The van der Waals surface area contributed by atoms with Gasteiger partial charge in [0.2, 0.25) is 5.91 Å². The van der Waals surface area contributed by atoms with Gasteiger partial charge in [-0.1, -0.05) is 6.92 Å². The van der Waals surface area contributed by atoms with Crippen molar-refractivity contribution in [2.24, 2.45) is 0 Å². The molecule has 0 unspecified atom stereocenters. The van der Waals surface area contributed by atoms with E-state index < -0.39 is 6.09 Å². The third-order valence-electron chi connectivity index (χ3n) is 6.12. The fourth-order valence-electron chi connectivity index (χ4n) is 4.34. The van der Waals surface area contributed by atoms with E-state index in [0.717, 1.165) is 11.1 Å². The van der Waals surface area contributed by atoms with Crippen molar-refractivity contribution in [1.29, 1.82) is 0 Å². The van der Waals surface area contributed by atoms with E-state index in [1.165, 1.54) is 0 Å². The third-order valence-corrected chi connectivity index (χ3v) is 6.12. The van der Waals surface area contributed by atoms with Crippen LogP contribution in [0.2, 0.25) is 0 Å². The monoisotopic (exact) mass is 487 g/mol. The highest BCUT2D eigenvalue weighted by molar-refractivity contribution is 5.95. The summed E-state index contributed by atoms with van der Waals surface area (Å²) in [6, 6.07) is 5.61. The Morgan fingerprint density at radius 1 is 1.22 bits per heavy atom. The Bertz CT molecular complexity index is 1510. The first-order valence-electron chi connectivity index (χ1n) is 11.5. The number of anilines is 4. The summed E-state index contributed by atoms with van der Waals surface area (Å²) in [5.74, 6) is 1.38. The molecule has 5 heterocycles. The quantitative estimate of drug-likeness (QED) is 0.284. The van der Waals surface area contributed by atoms with Gasteiger partial charge in [-0.25, -0.2) is 14.8 Å². The SMILES string of the molecule is CCc1ncc(-c2cc3cc(Nc4cc5n(n4)CC(=O)NCC5)ncc3c(N)n2)c(C)c1NC(=O)O. The van der Waals surface area contributed by atoms with Crippen LogP contribution in [0.4, 0.5) is 27.9 Å². The van der Waals surface area contributed by atoms with Gasteiger partial charge in [0.1, 0.15) is 18.2 Å². The van der Waals surface area contributed by atoms with Crippen LogP contribution in [0.3, 0.4) is 0 Å². The molecule has 0 spiro atoms. The minimum Gasteiger partial charge on any atom is -0.465 e. The number of hydrogen-bond acceptors (Lipinski definition) is 8. The molecule has 0 saturated heterocycles. The number of nitrogens with zero attached hydrogens (tertiary/aromatic N) is 5. The zero-order valence-electron chi connectivity index (χ0n) is 19.8. The Morgan fingerprint density at radius 2 is 2.06 bits per heavy atom. The number of amides is 2. The van der Waals surface area contributed by atoms with E-state index in [2.05, 4.69) is 36.0 Å². The maximum Gasteiger partial charge on any atom is 0.409 e. The fraction of sp³-hybridized carbons (Fsp3) is 0.250. The minimum absolute atomic E-state index is 0.0683. The molecule has 0 bridgehead atoms. The molecule has 12 nitrogen and oxygen atoms in total. The number of hydrogen-bond donors (Lipinski definition) is 5. The van der Waals surface area contributed by atoms with Crippen molar-refractivity contribution in [1.82, 2.24) is 30.0 Å². The van der Waals surface area contributed by atoms with E-state index >= 15 is 0 Å². The van der Waals surface area contributed by atoms with Crippen molar-refractivity contribution in [3.05, 3.63) is 47.5 Å². The van der Waals surface area contributed by atoms with E-state index in [9.17, 15) is 14.7 Å². The zero-order valence-corrected chi connectivity index (χ0v) is 19.8. The van der Waals surface area contributed by atoms with Gasteiger partial charge in [0, 0.05) is 48.1 Å². The normalized spacial score (nSPS) is 13.1. The lowest BCUT2D eigenvalue weighted by Crippen LogP contribution is -2.25. The maximum atomic E-state index is 11.8. The Hall–Kier alpha value is -4.74. The molecule has 0 fully saturated rings. The molecule has 1 aliphatic heterocycles. The molecule has 5 rings (SSSR count). The number of nitrogens with one attached hydrogen (secondary N) is 3. The molecule has 184 valence electrons. The molecule has 0 atom stereocenters. The summed E-state index contributed by atoms with van der Waals surface area (Å²) in [5, 5.41) is 23.7. The van der Waals surface area contributed by atoms with Gasteiger partial charge < -0.3 is 21.5 Å². The van der Waals surface area contributed by atoms with Crippen LogP contribution in [-0.4, -0.2) is 48.4 Å². The Morgan fingerprint density at radius 3 is 2.83 bits per heavy atom. The average Bonchev–Trinajstić information content (AvgIpc) is 3.11. The number of carboxylic acid groups (broad SMARTS) is 1. The Labute approximate surface area is 206 Å². The molecule has 4 aromatic rings. The summed E-state index contributed by atoms with van der Waals surface area (Å²) in [6.45, 7) is 4.49. The van der Waals surface area contributed by atoms with Crippen LogP contribution in [-0.2, 0) is 24.2 Å². The minimum atomic E-state index is -1.16. The van der Waals surface area contributed by atoms with E-state index in [-0.39, 0.29) is 12.5 Å². The smallest absolute Gasteiger partial charge is 0.409 e. The molecular formula is C24H25N9O3. The third kappa shape index (κ3) is 4.35. The second kappa shape index (κ2) is 9.13. The van der Waals surface area contributed by atoms with Gasteiger partial charge >= 0.3 is 6.09 Å². The molecule has 6 N–H and O–H groups in total. The maximum absolute atomic E-state index is 11.8. The van der Waals surface area contributed by atoms with Gasteiger partial charge in [-0.15, -0.1) is 0 Å². The number of rotatable bonds is 5. The highest BCUT2D eigenvalue weighted by Gasteiger charge is 2.18. The van der Waals surface area contributed by atoms with Gasteiger partial charge in [-0.2, -0.15) is 5.10 Å². The van der Waals surface area contributed by atoms with Gasteiger partial charge in [0.25, 0.3) is 0 Å². The molecule has 0 aromatic carbocycles. The number of carbonyl (C=O) groups excluding carboxylic acids is 1. The standard InChI is InChI=1S/C24H25N9O3/c1-3-17-22(31-24(35)36)12(2)15(9-27-17)18-6-13-7-19(28-10-16(13)23(25)29-18)30-20-8-14-4-5-26-21(34)11-33(14)32-20/h6-10,31H,3-5,11H2,1-2H3,(H2,25,29)(H,26,34)(H,35,36)(H,28,30,32). The summed E-state index contributed by atoms with van der Waals surface area (Å²) in [6.07, 6.45) is 3.44. The number of aromatic nitrogens is 5. The largest absolute Gasteiger partial charge is 0.465 e. The number of nitrogens with two attached hydrogens (primary N) is 1. The van der Waals surface area contributed by atoms with Crippen molar-refractivity contribution in [3.8, 4) is 11.3 Å². The summed E-state index contributed by atoms with van der Waals surface area (Å²) < 4.78 is 1.68. The van der Waals surface area contributed by atoms with Crippen LogP contribution in [0.1, 0.15) is 23.9 Å². The molecule has 0 radical (unpaired) electrons. The highest BCUT2D eigenvalue weighted by atomic mass is 16.4. The second-order valence-electron chi connectivity index (χ2n) is 8.49. The van der Waals surface area contributed by atoms with Crippen LogP contribution in [0.15, 0.2) is 30.6 Å². The number of nitrogen functional groups attached to an aromatic ring is 1. The summed E-state index contributed by atoms with van der Waals surface area (Å²) in [7, 11) is 0. The van der Waals surface area contributed by atoms with Gasteiger partial charge in [0.05, 0.1) is 17.1 Å². The van der Waals surface area contributed by atoms with Crippen molar-refractivity contribution in [2.45, 2.75) is 33.2 Å². The lowest BCUT2D eigenvalue weighted by Gasteiger charge is -2.15. The van der Waals surface area contributed by atoms with E-state index in [1.54, 1.807) is 17.1 Å². The first kappa shape index (κ1) is 23.0. The number of carbonyl (C=O) groups is 2. The zero-order chi connectivity index (χ0) is 25.4. The first-order valence-corrected chi connectivity index (χ1v) is 11.5. The average molecular weight is 488 g/mol. The van der Waals surface area contributed by atoms with Gasteiger partial charge in [0.15, 0.2) is 5.82 Å². The van der Waals surface area contributed by atoms with Crippen LogP contribution >= 0.6 is 0 Å². The topological polar surface area (TPSA) is 173 Å². The Kier molecular flexibility index (Phi) is 5.84. The lowest BCUT2D eigenvalue weighted by molar-refractivity contribution is -0.121. The molecule has 1 aliphatic rings. The van der Waals surface area contributed by atoms with E-state index in [4.69, 9.17) is 5.73 Å². The van der Waals surface area contributed by atoms with E-state index in [0.29, 0.717) is 70.4 Å². The molecule has 2 amide bonds. The summed E-state index contributed by atoms with van der Waals surface area (Å²) >= 11 is 0. The molecule has 0 saturated carbocycles. The number of fused-ring (bicyclic) bond motifs is 2. The van der Waals surface area contributed by atoms with Crippen molar-refractivity contribution in [3.63, 3.8) is 0 Å². The fourth-order valence-corrected chi connectivity index (χ4v) is 4.34. The van der Waals surface area contributed by atoms with Crippen LogP contribution in [0.5, 0.6) is 0 Å². The van der Waals surface area contributed by atoms with Crippen LogP contribution < -0.4 is 21.7 Å². The van der Waals surface area contributed by atoms with Crippen molar-refractivity contribution < 1.29 is 14.7 Å². The molecule has 4 aromatic heterocycles. The predicted octanol–water partition coefficient (Wildman–Crippen LogP) is 2.85. The van der Waals surface area contributed by atoms with Crippen molar-refractivity contribution >= 4 is 45.9 Å². The number of pyridine rings is 3. The summed E-state index contributed by atoms with van der Waals surface area (Å²) in [5.41, 5.74) is 10.3. The predicted molar refractivity (Wildman–Crippen MR) is 135 cm³/mol. The number of aryl methyl sites for hydroxylation is 1. The van der Waals surface area contributed by atoms with Gasteiger partial charge in [-0.05, 0) is 36.4 Å². The second-order valence-corrected chi connectivity index (χ2v) is 8.49. The first-order chi connectivity index (χ1) is 17.3. The van der Waals surface area contributed by atoms with Crippen molar-refractivity contribution in [2.75, 3.05) is 22.9 Å². The molecule has 12 heteroatoms.